The first-order chi connectivity index (χ1) is 22.9. The van der Waals surface area contributed by atoms with Crippen molar-refractivity contribution < 1.29 is 18.8 Å². The molecule has 0 bridgehead atoms. The second-order valence-corrected chi connectivity index (χ2v) is 11.2. The number of aromatic nitrogens is 4. The second-order valence-electron chi connectivity index (χ2n) is 11.2. The maximum absolute atomic E-state index is 15.2. The lowest BCUT2D eigenvalue weighted by Gasteiger charge is -2.37. The normalized spacial score (nSPS) is 15.6. The number of ketones is 1. The number of para-hydroxylation sites is 1. The number of H-pyrrole nitrogens is 2. The third-order valence-electron chi connectivity index (χ3n) is 8.38. The number of nitrogens with one attached hydrogen (secondary N) is 3. The highest BCUT2D eigenvalue weighted by Crippen LogP contribution is 2.30. The number of hydrogen-bond donors (Lipinski definition) is 4. The number of halogens is 1. The predicted octanol–water partition coefficient (Wildman–Crippen LogP) is 1.60. The van der Waals surface area contributed by atoms with E-state index in [0.29, 0.717) is 31.3 Å². The van der Waals surface area contributed by atoms with Gasteiger partial charge in [0.1, 0.15) is 17.1 Å². The number of rotatable bonds is 9. The minimum Gasteiger partial charge on any atom is -0.359 e. The number of piperazine rings is 1. The Balaban J connectivity index is 1.13. The number of carbonyl (C=O) groups excluding carboxylic acids is 3. The van der Waals surface area contributed by atoms with Gasteiger partial charge in [0.05, 0.1) is 28.4 Å². The molecule has 47 heavy (non-hydrogen) atoms. The fourth-order valence-electron chi connectivity index (χ4n) is 5.94. The first kappa shape index (κ1) is 31.3. The van der Waals surface area contributed by atoms with Crippen molar-refractivity contribution in [1.29, 1.82) is 0 Å². The summed E-state index contributed by atoms with van der Waals surface area (Å²) in [6, 6.07) is 10.7. The van der Waals surface area contributed by atoms with Gasteiger partial charge in [-0.05, 0) is 44.1 Å². The van der Waals surface area contributed by atoms with E-state index >= 15 is 4.39 Å². The zero-order valence-electron chi connectivity index (χ0n) is 25.7. The summed E-state index contributed by atoms with van der Waals surface area (Å²) in [5.41, 5.74) is 1.48. The third-order valence-corrected chi connectivity index (χ3v) is 8.38. The number of fused-ring (bicyclic) bond motifs is 1. The van der Waals surface area contributed by atoms with E-state index in [1.165, 1.54) is 35.0 Å². The van der Waals surface area contributed by atoms with Crippen LogP contribution in [-0.2, 0) is 4.79 Å². The molecule has 2 amide bonds. The number of nitrogens with zero attached hydrogens (tertiary/aromatic N) is 8. The summed E-state index contributed by atoms with van der Waals surface area (Å²) >= 11 is 0. The average Bonchev–Trinajstić information content (AvgIpc) is 3.89. The lowest BCUT2D eigenvalue weighted by molar-refractivity contribution is -0.127. The molecule has 0 aliphatic carbocycles. The number of Topliss-reactive ketones (excluding diaryl/α,β-unsaturated/α-hetero) is 1. The summed E-state index contributed by atoms with van der Waals surface area (Å²) in [7, 11) is 0. The molecule has 5 N–H and O–H groups in total. The zero-order chi connectivity index (χ0) is 32.9. The van der Waals surface area contributed by atoms with E-state index in [0.717, 1.165) is 25.8 Å². The van der Waals surface area contributed by atoms with Crippen LogP contribution >= 0.6 is 0 Å². The molecular weight excluding hydrogens is 607 g/mol. The first-order valence-corrected chi connectivity index (χ1v) is 15.3. The minimum absolute atomic E-state index is 0.0836. The van der Waals surface area contributed by atoms with Crippen LogP contribution in [0.4, 0.5) is 10.1 Å². The summed E-state index contributed by atoms with van der Waals surface area (Å²) in [5.74, 6) is 3.31. The highest BCUT2D eigenvalue weighted by Gasteiger charge is 2.32. The number of pyridine rings is 1. The SMILES string of the molecule is C=NN(/C(=N\N)N1CCN(C(=O)C(=O)c2c[nH]c3c(-c4cc(C(=O)NCCN5CCCC5)[nH]n4)ncc(F)c23)CC1)c1ccccc1. The van der Waals surface area contributed by atoms with Crippen molar-refractivity contribution in [3.05, 3.63) is 65.9 Å². The van der Waals surface area contributed by atoms with Gasteiger partial charge in [0.25, 0.3) is 17.6 Å². The molecule has 5 heterocycles. The third kappa shape index (κ3) is 6.40. The average molecular weight is 643 g/mol. The number of amides is 2. The zero-order valence-corrected chi connectivity index (χ0v) is 25.7. The van der Waals surface area contributed by atoms with Crippen LogP contribution in [0, 0.1) is 5.82 Å². The van der Waals surface area contributed by atoms with Crippen LogP contribution in [0.15, 0.2) is 59.0 Å². The second kappa shape index (κ2) is 13.8. The van der Waals surface area contributed by atoms with Gasteiger partial charge in [-0.25, -0.2) is 9.37 Å². The van der Waals surface area contributed by atoms with Crippen LogP contribution in [0.2, 0.25) is 0 Å². The van der Waals surface area contributed by atoms with Crippen LogP contribution in [0.25, 0.3) is 22.3 Å². The van der Waals surface area contributed by atoms with E-state index in [-0.39, 0.29) is 52.5 Å². The maximum Gasteiger partial charge on any atom is 0.295 e. The largest absolute Gasteiger partial charge is 0.359 e. The molecule has 244 valence electrons. The highest BCUT2D eigenvalue weighted by atomic mass is 19.1. The summed E-state index contributed by atoms with van der Waals surface area (Å²) < 4.78 is 15.2. The Morgan fingerprint density at radius 3 is 2.49 bits per heavy atom. The van der Waals surface area contributed by atoms with E-state index < -0.39 is 17.5 Å². The molecule has 2 aliphatic heterocycles. The Kier molecular flexibility index (Phi) is 9.19. The molecule has 0 atom stereocenters. The highest BCUT2D eigenvalue weighted by molar-refractivity contribution is 6.45. The number of benzene rings is 1. The van der Waals surface area contributed by atoms with Gasteiger partial charge in [-0.1, -0.05) is 18.2 Å². The van der Waals surface area contributed by atoms with Gasteiger partial charge < -0.3 is 30.8 Å². The molecule has 2 fully saturated rings. The number of likely N-dealkylation sites (tertiary alicyclic amines) is 1. The van der Waals surface area contributed by atoms with Crippen LogP contribution < -0.4 is 16.2 Å². The van der Waals surface area contributed by atoms with E-state index in [1.807, 2.05) is 35.2 Å². The van der Waals surface area contributed by atoms with E-state index in [2.05, 4.69) is 47.3 Å². The topological polar surface area (TPSA) is 184 Å². The quantitative estimate of drug-likeness (QED) is 0.0526. The molecule has 15 nitrogen and oxygen atoms in total. The van der Waals surface area contributed by atoms with E-state index in [1.54, 1.807) is 0 Å². The Labute approximate surface area is 269 Å². The van der Waals surface area contributed by atoms with E-state index in [4.69, 9.17) is 5.84 Å². The van der Waals surface area contributed by atoms with Crippen LogP contribution in [0.1, 0.15) is 33.7 Å². The molecule has 3 aromatic heterocycles. The van der Waals surface area contributed by atoms with Crippen molar-refractivity contribution in [1.82, 2.24) is 40.2 Å². The Morgan fingerprint density at radius 1 is 1.06 bits per heavy atom. The molecule has 0 unspecified atom stereocenters. The molecule has 16 heteroatoms. The molecular formula is C31H35FN12O3. The van der Waals surface area contributed by atoms with Crippen molar-refractivity contribution >= 4 is 46.9 Å². The number of carbonyl (C=O) groups is 3. The van der Waals surface area contributed by atoms with Crippen molar-refractivity contribution in [3.63, 3.8) is 0 Å². The standard InChI is InChI=1S/C31H35FN12O3/c1-34-44(20-7-3-2-4-8-20)31(38-33)43-15-13-42(14-16-43)30(47)28(45)21-18-36-27-25(21)22(32)19-37-26(27)23-17-24(40-39-23)29(46)35-9-12-41-10-5-6-11-41/h2-4,7-8,17-19,36H,1,5-6,9-16,33H2,(H,35,46)(H,39,40)/b38-31-. The monoisotopic (exact) mass is 642 g/mol. The number of guanidine groups is 1. The molecule has 0 radical (unpaired) electrons. The van der Waals surface area contributed by atoms with Gasteiger partial charge >= 0.3 is 0 Å². The molecule has 0 spiro atoms. The van der Waals surface area contributed by atoms with Gasteiger partial charge in [0.2, 0.25) is 5.96 Å². The number of anilines is 1. The minimum atomic E-state index is -0.868. The number of hydrazone groups is 2. The van der Waals surface area contributed by atoms with E-state index in [9.17, 15) is 14.4 Å². The van der Waals surface area contributed by atoms with Crippen LogP contribution in [0.3, 0.4) is 0 Å². The Bertz CT molecular complexity index is 1810. The van der Waals surface area contributed by atoms with Crippen LogP contribution in [0.5, 0.6) is 0 Å². The summed E-state index contributed by atoms with van der Waals surface area (Å²) in [4.78, 5) is 52.1. The van der Waals surface area contributed by atoms with Gasteiger partial charge in [-0.2, -0.15) is 15.2 Å². The number of hydrogen-bond acceptors (Lipinski definition) is 9. The lowest BCUT2D eigenvalue weighted by atomic mass is 10.1. The molecule has 4 aromatic rings. The maximum atomic E-state index is 15.2. The molecule has 1 aromatic carbocycles. The number of aromatic amines is 2. The lowest BCUT2D eigenvalue weighted by Crippen LogP contribution is -2.55. The molecule has 6 rings (SSSR count). The summed E-state index contributed by atoms with van der Waals surface area (Å²) in [5, 5.41) is 19.1. The molecule has 2 saturated heterocycles. The Morgan fingerprint density at radius 2 is 1.79 bits per heavy atom. The fourth-order valence-corrected chi connectivity index (χ4v) is 5.94. The van der Waals surface area contributed by atoms with Gasteiger partial charge in [0.15, 0.2) is 5.82 Å². The number of nitrogens with two attached hydrogens (primary N) is 1. The van der Waals surface area contributed by atoms with Gasteiger partial charge in [0, 0.05) is 52.2 Å². The van der Waals surface area contributed by atoms with Crippen molar-refractivity contribution in [2.75, 3.05) is 57.4 Å². The van der Waals surface area contributed by atoms with Gasteiger partial charge in [-0.15, -0.1) is 5.10 Å². The van der Waals surface area contributed by atoms with Crippen LogP contribution in [-0.4, -0.2) is 117 Å². The molecule has 0 saturated carbocycles. The fraction of sp³-hybridized carbons (Fsp3) is 0.323. The summed E-state index contributed by atoms with van der Waals surface area (Å²) in [6.07, 6.45) is 4.60. The summed E-state index contributed by atoms with van der Waals surface area (Å²) in [6.45, 7) is 7.98. The Hall–Kier alpha value is -5.64. The van der Waals surface area contributed by atoms with Crippen molar-refractivity contribution in [2.45, 2.75) is 12.8 Å². The van der Waals surface area contributed by atoms with Crippen molar-refractivity contribution in [3.8, 4) is 11.4 Å². The van der Waals surface area contributed by atoms with Crippen molar-refractivity contribution in [2.24, 2.45) is 16.0 Å². The van der Waals surface area contributed by atoms with Gasteiger partial charge in [-0.3, -0.25) is 19.5 Å². The predicted molar refractivity (Wildman–Crippen MR) is 174 cm³/mol. The smallest absolute Gasteiger partial charge is 0.295 e. The first-order valence-electron chi connectivity index (χ1n) is 15.3. The molecule has 2 aliphatic rings.